The van der Waals surface area contributed by atoms with Crippen LogP contribution in [0.5, 0.6) is 0 Å². The molecule has 1 heterocycles. The van der Waals surface area contributed by atoms with Gasteiger partial charge < -0.3 is 0 Å². The summed E-state index contributed by atoms with van der Waals surface area (Å²) in [5.41, 5.74) is 8.68. The molecule has 74 valence electrons. The molecule has 0 atom stereocenters. The summed E-state index contributed by atoms with van der Waals surface area (Å²) in [7, 11) is 0. The van der Waals surface area contributed by atoms with Crippen LogP contribution in [-0.4, -0.2) is 16.1 Å². The predicted molar refractivity (Wildman–Crippen MR) is 52.0 cm³/mol. The van der Waals surface area contributed by atoms with Gasteiger partial charge in [-0.25, -0.2) is 4.98 Å². The number of rotatable bonds is 3. The Balaban J connectivity index is 2.97. The fraction of sp³-hybridized carbons (Fsp3) is 0.500. The fourth-order valence-electron chi connectivity index (χ4n) is 1.23. The Hall–Kier alpha value is -1.81. The normalized spacial score (nSPS) is 9.57. The lowest BCUT2D eigenvalue weighted by Gasteiger charge is -2.06. The summed E-state index contributed by atoms with van der Waals surface area (Å²) in [5, 5.41) is 3.36. The Bertz CT molecular complexity index is 430. The Kier molecular flexibility index (Phi) is 3.25. The van der Waals surface area contributed by atoms with Crippen molar-refractivity contribution in [3.63, 3.8) is 0 Å². The highest BCUT2D eigenvalue weighted by molar-refractivity contribution is 5.01. The highest BCUT2D eigenvalue weighted by Gasteiger charge is 2.01. The molecule has 14 heavy (non-hydrogen) atoms. The van der Waals surface area contributed by atoms with Crippen LogP contribution in [0.15, 0.2) is 16.0 Å². The van der Waals surface area contributed by atoms with E-state index >= 15 is 0 Å². The first-order chi connectivity index (χ1) is 6.65. The van der Waals surface area contributed by atoms with Crippen LogP contribution in [0.25, 0.3) is 10.4 Å². The number of aryl methyl sites for hydroxylation is 2. The van der Waals surface area contributed by atoms with Gasteiger partial charge in [0.05, 0.1) is 0 Å². The molecule has 0 N–H and O–H groups in total. The molecule has 0 saturated heterocycles. The molecule has 0 amide bonds. The zero-order valence-corrected chi connectivity index (χ0v) is 8.14. The van der Waals surface area contributed by atoms with Crippen LogP contribution in [0.3, 0.4) is 0 Å². The molecule has 0 aromatic carbocycles. The van der Waals surface area contributed by atoms with Gasteiger partial charge in [-0.1, -0.05) is 5.11 Å². The maximum atomic E-state index is 11.4. The lowest BCUT2D eigenvalue weighted by Crippen LogP contribution is -2.24. The average Bonchev–Trinajstić information content (AvgIpc) is 2.09. The van der Waals surface area contributed by atoms with Gasteiger partial charge in [0, 0.05) is 29.8 Å². The van der Waals surface area contributed by atoms with Crippen molar-refractivity contribution in [1.82, 2.24) is 9.55 Å². The Labute approximate surface area is 80.8 Å². The van der Waals surface area contributed by atoms with Gasteiger partial charge in [0.2, 0.25) is 0 Å². The lowest BCUT2D eigenvalue weighted by molar-refractivity contribution is 0.634. The second kappa shape index (κ2) is 4.43. The molecular weight excluding hydrogens is 182 g/mol. The average molecular weight is 193 g/mol. The lowest BCUT2D eigenvalue weighted by atomic mass is 10.4. The molecule has 0 saturated carbocycles. The molecule has 0 spiro atoms. The molecule has 1 rings (SSSR count). The van der Waals surface area contributed by atoms with Crippen LogP contribution >= 0.6 is 0 Å². The molecule has 0 aliphatic carbocycles. The first-order valence-electron chi connectivity index (χ1n) is 4.21. The summed E-state index contributed by atoms with van der Waals surface area (Å²) in [6.07, 6.45) is 0. The monoisotopic (exact) mass is 193 g/mol. The standard InChI is InChI=1S/C8H11N5O/c1-6-5-8(14)13(7(2)11-6)4-3-10-12-9/h5H,3-4H2,1-2H3. The van der Waals surface area contributed by atoms with Gasteiger partial charge in [0.25, 0.3) is 5.56 Å². The highest BCUT2D eigenvalue weighted by atomic mass is 16.1. The summed E-state index contributed by atoms with van der Waals surface area (Å²) in [6.45, 7) is 4.17. The van der Waals surface area contributed by atoms with Gasteiger partial charge in [-0.05, 0) is 19.4 Å². The number of hydrogen-bond donors (Lipinski definition) is 0. The van der Waals surface area contributed by atoms with Gasteiger partial charge in [-0.3, -0.25) is 9.36 Å². The van der Waals surface area contributed by atoms with E-state index in [1.54, 1.807) is 13.8 Å². The molecule has 6 heteroatoms. The second-order valence-corrected chi connectivity index (χ2v) is 2.89. The molecule has 0 fully saturated rings. The maximum Gasteiger partial charge on any atom is 0.253 e. The summed E-state index contributed by atoms with van der Waals surface area (Å²) in [6, 6.07) is 1.46. The first-order valence-corrected chi connectivity index (χ1v) is 4.21. The van der Waals surface area contributed by atoms with Crippen molar-refractivity contribution in [2.75, 3.05) is 6.54 Å². The molecule has 1 aromatic rings. The third-order valence-corrected chi connectivity index (χ3v) is 1.81. The van der Waals surface area contributed by atoms with E-state index in [1.165, 1.54) is 10.6 Å². The minimum absolute atomic E-state index is 0.108. The van der Waals surface area contributed by atoms with Crippen LogP contribution < -0.4 is 5.56 Å². The molecule has 1 aromatic heterocycles. The van der Waals surface area contributed by atoms with E-state index in [9.17, 15) is 4.79 Å². The summed E-state index contributed by atoms with van der Waals surface area (Å²) in [4.78, 5) is 18.2. The Morgan fingerprint density at radius 2 is 2.36 bits per heavy atom. The third kappa shape index (κ3) is 2.34. The summed E-state index contributed by atoms with van der Waals surface area (Å²) < 4.78 is 1.49. The Morgan fingerprint density at radius 3 is 2.93 bits per heavy atom. The topological polar surface area (TPSA) is 83.7 Å². The smallest absolute Gasteiger partial charge is 0.253 e. The van der Waals surface area contributed by atoms with E-state index in [4.69, 9.17) is 5.53 Å². The largest absolute Gasteiger partial charge is 0.297 e. The molecule has 0 aliphatic heterocycles. The minimum atomic E-state index is -0.108. The zero-order valence-electron chi connectivity index (χ0n) is 8.14. The molecule has 0 bridgehead atoms. The first kappa shape index (κ1) is 10.3. The van der Waals surface area contributed by atoms with E-state index in [0.29, 0.717) is 18.1 Å². The highest BCUT2D eigenvalue weighted by Crippen LogP contribution is 1.93. The Morgan fingerprint density at radius 1 is 1.64 bits per heavy atom. The predicted octanol–water partition coefficient (Wildman–Crippen LogP) is 1.17. The van der Waals surface area contributed by atoms with Gasteiger partial charge in [0.1, 0.15) is 5.82 Å². The van der Waals surface area contributed by atoms with Crippen LogP contribution in [0.2, 0.25) is 0 Å². The van der Waals surface area contributed by atoms with Crippen molar-refractivity contribution < 1.29 is 0 Å². The van der Waals surface area contributed by atoms with Crippen molar-refractivity contribution in [2.45, 2.75) is 20.4 Å². The summed E-state index contributed by atoms with van der Waals surface area (Å²) in [5.74, 6) is 0.642. The van der Waals surface area contributed by atoms with Gasteiger partial charge in [-0.15, -0.1) is 0 Å². The number of aromatic nitrogens is 2. The van der Waals surface area contributed by atoms with E-state index in [2.05, 4.69) is 15.0 Å². The van der Waals surface area contributed by atoms with Crippen LogP contribution in [0.1, 0.15) is 11.5 Å². The molecule has 0 unspecified atom stereocenters. The van der Waals surface area contributed by atoms with E-state index < -0.39 is 0 Å². The maximum absolute atomic E-state index is 11.4. The number of hydrogen-bond acceptors (Lipinski definition) is 3. The third-order valence-electron chi connectivity index (χ3n) is 1.81. The van der Waals surface area contributed by atoms with Crippen LogP contribution in [0, 0.1) is 13.8 Å². The van der Waals surface area contributed by atoms with Gasteiger partial charge in [-0.2, -0.15) is 0 Å². The van der Waals surface area contributed by atoms with E-state index in [0.717, 1.165) is 0 Å². The fourth-order valence-corrected chi connectivity index (χ4v) is 1.23. The molecule has 0 aliphatic rings. The van der Waals surface area contributed by atoms with E-state index in [-0.39, 0.29) is 12.1 Å². The molecular formula is C8H11N5O. The molecule has 6 nitrogen and oxygen atoms in total. The van der Waals surface area contributed by atoms with Gasteiger partial charge >= 0.3 is 0 Å². The number of nitrogens with zero attached hydrogens (tertiary/aromatic N) is 5. The quantitative estimate of drug-likeness (QED) is 0.410. The van der Waals surface area contributed by atoms with Crippen LogP contribution in [-0.2, 0) is 6.54 Å². The van der Waals surface area contributed by atoms with E-state index in [1.807, 2.05) is 0 Å². The van der Waals surface area contributed by atoms with Crippen molar-refractivity contribution in [2.24, 2.45) is 5.11 Å². The van der Waals surface area contributed by atoms with Crippen molar-refractivity contribution in [3.8, 4) is 0 Å². The van der Waals surface area contributed by atoms with Crippen molar-refractivity contribution in [3.05, 3.63) is 38.4 Å². The van der Waals surface area contributed by atoms with Gasteiger partial charge in [0.15, 0.2) is 0 Å². The zero-order chi connectivity index (χ0) is 10.6. The second-order valence-electron chi connectivity index (χ2n) is 2.89. The minimum Gasteiger partial charge on any atom is -0.297 e. The van der Waals surface area contributed by atoms with Crippen LogP contribution in [0.4, 0.5) is 0 Å². The van der Waals surface area contributed by atoms with Crippen molar-refractivity contribution >= 4 is 0 Å². The van der Waals surface area contributed by atoms with Crippen molar-refractivity contribution in [1.29, 1.82) is 0 Å². The summed E-state index contributed by atoms with van der Waals surface area (Å²) >= 11 is 0. The SMILES string of the molecule is Cc1cc(=O)n(CCN=[N+]=[N-])c(C)n1. The molecule has 0 radical (unpaired) electrons. The number of azide groups is 1.